The standard InChI is InChI=1S/C23H22N4/c1-15-5-8-19(9-6-15)22-23(27-12-11-17(3)14-21(27)24-22)26-25-20-10-7-16(2)13-18(20)4/h5-14H,1-4H3. The van der Waals surface area contributed by atoms with Crippen LogP contribution in [0.3, 0.4) is 0 Å². The molecule has 0 unspecified atom stereocenters. The Kier molecular flexibility index (Phi) is 4.32. The first-order chi connectivity index (χ1) is 13.0. The topological polar surface area (TPSA) is 42.0 Å². The van der Waals surface area contributed by atoms with Crippen LogP contribution in [-0.2, 0) is 0 Å². The molecule has 0 aliphatic carbocycles. The number of rotatable bonds is 3. The summed E-state index contributed by atoms with van der Waals surface area (Å²) in [5.41, 5.74) is 8.35. The van der Waals surface area contributed by atoms with Gasteiger partial charge in [0.2, 0.25) is 0 Å². The average Bonchev–Trinajstić information content (AvgIpc) is 2.99. The summed E-state index contributed by atoms with van der Waals surface area (Å²) in [6, 6.07) is 18.7. The second-order valence-corrected chi connectivity index (χ2v) is 7.07. The minimum Gasteiger partial charge on any atom is -0.283 e. The number of fused-ring (bicyclic) bond motifs is 1. The van der Waals surface area contributed by atoms with Crippen LogP contribution in [-0.4, -0.2) is 9.38 Å². The number of nitrogens with zero attached hydrogens (tertiary/aromatic N) is 4. The number of azo groups is 1. The maximum absolute atomic E-state index is 4.83. The minimum atomic E-state index is 0.744. The number of aromatic nitrogens is 2. The highest BCUT2D eigenvalue weighted by atomic mass is 15.2. The lowest BCUT2D eigenvalue weighted by atomic mass is 10.1. The summed E-state index contributed by atoms with van der Waals surface area (Å²) in [7, 11) is 0. The Balaban J connectivity index is 1.88. The molecule has 0 amide bonds. The molecule has 4 nitrogen and oxygen atoms in total. The van der Waals surface area contributed by atoms with Crippen LogP contribution in [0.25, 0.3) is 16.9 Å². The first kappa shape index (κ1) is 17.2. The van der Waals surface area contributed by atoms with Crippen molar-refractivity contribution in [2.45, 2.75) is 27.7 Å². The summed E-state index contributed by atoms with van der Waals surface area (Å²) in [6.07, 6.45) is 2.01. The van der Waals surface area contributed by atoms with Gasteiger partial charge >= 0.3 is 0 Å². The number of aryl methyl sites for hydroxylation is 4. The predicted octanol–water partition coefficient (Wildman–Crippen LogP) is 6.65. The van der Waals surface area contributed by atoms with E-state index in [0.29, 0.717) is 0 Å². The van der Waals surface area contributed by atoms with Crippen molar-refractivity contribution in [2.24, 2.45) is 10.2 Å². The van der Waals surface area contributed by atoms with E-state index in [2.05, 4.69) is 86.5 Å². The SMILES string of the molecule is Cc1ccc(-c2nc3cc(C)ccn3c2N=Nc2ccc(C)cc2C)cc1. The summed E-state index contributed by atoms with van der Waals surface area (Å²) >= 11 is 0. The van der Waals surface area contributed by atoms with Crippen LogP contribution in [0.5, 0.6) is 0 Å². The lowest BCUT2D eigenvalue weighted by molar-refractivity contribution is 1.09. The third-order valence-electron chi connectivity index (χ3n) is 4.69. The molecule has 4 heteroatoms. The van der Waals surface area contributed by atoms with Crippen LogP contribution >= 0.6 is 0 Å². The zero-order valence-electron chi connectivity index (χ0n) is 16.1. The van der Waals surface area contributed by atoms with Gasteiger partial charge in [0.05, 0.1) is 5.69 Å². The summed E-state index contributed by atoms with van der Waals surface area (Å²) in [4.78, 5) is 4.83. The lowest BCUT2D eigenvalue weighted by Crippen LogP contribution is -1.84. The van der Waals surface area contributed by atoms with E-state index >= 15 is 0 Å². The number of benzene rings is 2. The van der Waals surface area contributed by atoms with Gasteiger partial charge in [0.25, 0.3) is 0 Å². The highest BCUT2D eigenvalue weighted by molar-refractivity contribution is 5.74. The van der Waals surface area contributed by atoms with Crippen molar-refractivity contribution in [3.8, 4) is 11.3 Å². The Hall–Kier alpha value is -3.27. The number of hydrogen-bond acceptors (Lipinski definition) is 3. The second-order valence-electron chi connectivity index (χ2n) is 7.07. The van der Waals surface area contributed by atoms with Crippen LogP contribution in [0, 0.1) is 27.7 Å². The van der Waals surface area contributed by atoms with Crippen molar-refractivity contribution >= 4 is 17.2 Å². The zero-order valence-corrected chi connectivity index (χ0v) is 16.1. The molecule has 0 aliphatic rings. The van der Waals surface area contributed by atoms with E-state index < -0.39 is 0 Å². The normalized spacial score (nSPS) is 11.6. The van der Waals surface area contributed by atoms with Gasteiger partial charge in [-0.2, -0.15) is 0 Å². The Bertz CT molecular complexity index is 1150. The molecule has 134 valence electrons. The van der Waals surface area contributed by atoms with Crippen molar-refractivity contribution in [1.29, 1.82) is 0 Å². The molecule has 4 rings (SSSR count). The van der Waals surface area contributed by atoms with Crippen molar-refractivity contribution < 1.29 is 0 Å². The fourth-order valence-corrected chi connectivity index (χ4v) is 3.15. The zero-order chi connectivity index (χ0) is 19.0. The van der Waals surface area contributed by atoms with Gasteiger partial charge in [-0.1, -0.05) is 47.5 Å². The van der Waals surface area contributed by atoms with Gasteiger partial charge in [-0.05, 0) is 57.0 Å². The van der Waals surface area contributed by atoms with Crippen LogP contribution in [0.15, 0.2) is 71.0 Å². The third kappa shape index (κ3) is 3.38. The molecule has 0 fully saturated rings. The fourth-order valence-electron chi connectivity index (χ4n) is 3.15. The van der Waals surface area contributed by atoms with E-state index in [-0.39, 0.29) is 0 Å². The molecular weight excluding hydrogens is 332 g/mol. The predicted molar refractivity (Wildman–Crippen MR) is 110 cm³/mol. The highest BCUT2D eigenvalue weighted by Crippen LogP contribution is 2.33. The lowest BCUT2D eigenvalue weighted by Gasteiger charge is -2.02. The van der Waals surface area contributed by atoms with Crippen LogP contribution in [0.4, 0.5) is 11.5 Å². The van der Waals surface area contributed by atoms with E-state index in [0.717, 1.165) is 34.0 Å². The summed E-state index contributed by atoms with van der Waals surface area (Å²) in [6.45, 7) is 8.28. The summed E-state index contributed by atoms with van der Waals surface area (Å²) in [5.74, 6) is 0.744. The van der Waals surface area contributed by atoms with Crippen LogP contribution in [0.1, 0.15) is 22.3 Å². The van der Waals surface area contributed by atoms with E-state index in [1.807, 2.05) is 16.7 Å². The molecule has 0 radical (unpaired) electrons. The van der Waals surface area contributed by atoms with Gasteiger partial charge in [0.15, 0.2) is 5.82 Å². The number of hydrogen-bond donors (Lipinski definition) is 0. The van der Waals surface area contributed by atoms with Crippen molar-refractivity contribution in [2.75, 3.05) is 0 Å². The average molecular weight is 354 g/mol. The third-order valence-corrected chi connectivity index (χ3v) is 4.69. The molecule has 0 saturated heterocycles. The Labute approximate surface area is 159 Å². The van der Waals surface area contributed by atoms with Crippen LogP contribution < -0.4 is 0 Å². The highest BCUT2D eigenvalue weighted by Gasteiger charge is 2.14. The maximum atomic E-state index is 4.83. The molecule has 0 spiro atoms. The van der Waals surface area contributed by atoms with E-state index in [4.69, 9.17) is 4.98 Å². The molecule has 2 aromatic carbocycles. The van der Waals surface area contributed by atoms with Crippen molar-refractivity contribution in [3.05, 3.63) is 83.0 Å². The van der Waals surface area contributed by atoms with Gasteiger partial charge in [-0.15, -0.1) is 10.2 Å². The minimum absolute atomic E-state index is 0.744. The van der Waals surface area contributed by atoms with Gasteiger partial charge in [-0.25, -0.2) is 4.98 Å². The molecule has 27 heavy (non-hydrogen) atoms. The van der Waals surface area contributed by atoms with Gasteiger partial charge in [0, 0.05) is 11.8 Å². The smallest absolute Gasteiger partial charge is 0.187 e. The largest absolute Gasteiger partial charge is 0.283 e. The summed E-state index contributed by atoms with van der Waals surface area (Å²) in [5, 5.41) is 9.14. The maximum Gasteiger partial charge on any atom is 0.187 e. The molecule has 2 heterocycles. The van der Waals surface area contributed by atoms with E-state index in [1.54, 1.807) is 0 Å². The van der Waals surface area contributed by atoms with Gasteiger partial charge in [0.1, 0.15) is 11.3 Å². The Morgan fingerprint density at radius 1 is 0.741 bits per heavy atom. The van der Waals surface area contributed by atoms with Gasteiger partial charge in [-0.3, -0.25) is 4.40 Å². The molecule has 4 aromatic rings. The Morgan fingerprint density at radius 3 is 2.19 bits per heavy atom. The monoisotopic (exact) mass is 354 g/mol. The fraction of sp³-hybridized carbons (Fsp3) is 0.174. The second kappa shape index (κ2) is 6.80. The van der Waals surface area contributed by atoms with Crippen molar-refractivity contribution in [1.82, 2.24) is 9.38 Å². The molecule has 0 bridgehead atoms. The summed E-state index contributed by atoms with van der Waals surface area (Å²) < 4.78 is 2.00. The van der Waals surface area contributed by atoms with Crippen molar-refractivity contribution in [3.63, 3.8) is 0 Å². The molecule has 0 aliphatic heterocycles. The Morgan fingerprint density at radius 2 is 1.44 bits per heavy atom. The van der Waals surface area contributed by atoms with Gasteiger partial charge < -0.3 is 0 Å². The molecule has 0 atom stereocenters. The number of pyridine rings is 1. The first-order valence-electron chi connectivity index (χ1n) is 9.06. The molecule has 2 aromatic heterocycles. The first-order valence-corrected chi connectivity index (χ1v) is 9.06. The van der Waals surface area contributed by atoms with Crippen LogP contribution in [0.2, 0.25) is 0 Å². The molecule has 0 N–H and O–H groups in total. The van der Waals surface area contributed by atoms with E-state index in [9.17, 15) is 0 Å². The molecule has 0 saturated carbocycles. The molecular formula is C23H22N4. The van der Waals surface area contributed by atoms with E-state index in [1.165, 1.54) is 16.7 Å². The number of imidazole rings is 1. The quantitative estimate of drug-likeness (QED) is 0.380.